The Morgan fingerprint density at radius 1 is 1.85 bits per heavy atom. The lowest BCUT2D eigenvalue weighted by molar-refractivity contribution is -0.111. The quantitative estimate of drug-likeness (QED) is 0.639. The van der Waals surface area contributed by atoms with Gasteiger partial charge in [-0.2, -0.15) is 5.10 Å². The lowest BCUT2D eigenvalue weighted by Gasteiger charge is -1.96. The number of nitrogens with two attached hydrogens (primary N) is 1. The van der Waals surface area contributed by atoms with Crippen LogP contribution in [0.15, 0.2) is 25.0 Å². The predicted octanol–water partition coefficient (Wildman–Crippen LogP) is -0.0337. The largest absolute Gasteiger partial charge is 0.329 e. The van der Waals surface area contributed by atoms with E-state index in [1.807, 2.05) is 0 Å². The molecule has 13 heavy (non-hydrogen) atoms. The van der Waals surface area contributed by atoms with Crippen molar-refractivity contribution >= 4 is 11.6 Å². The van der Waals surface area contributed by atoms with Crippen molar-refractivity contribution in [2.45, 2.75) is 6.54 Å². The summed E-state index contributed by atoms with van der Waals surface area (Å²) in [6, 6.07) is 0. The SMILES string of the molecule is C=CC(=O)Nc1cnn(CCN)c1. The molecule has 0 unspecified atom stereocenters. The highest BCUT2D eigenvalue weighted by Gasteiger charge is 1.99. The van der Waals surface area contributed by atoms with Crippen molar-refractivity contribution in [3.8, 4) is 0 Å². The number of anilines is 1. The molecule has 1 heterocycles. The number of hydrogen-bond acceptors (Lipinski definition) is 3. The van der Waals surface area contributed by atoms with Gasteiger partial charge in [0.05, 0.1) is 18.4 Å². The van der Waals surface area contributed by atoms with E-state index in [0.29, 0.717) is 18.8 Å². The van der Waals surface area contributed by atoms with Crippen LogP contribution in [-0.4, -0.2) is 22.2 Å². The average Bonchev–Trinajstić information content (AvgIpc) is 2.53. The summed E-state index contributed by atoms with van der Waals surface area (Å²) in [6.45, 7) is 4.51. The highest BCUT2D eigenvalue weighted by atomic mass is 16.1. The number of carbonyl (C=O) groups excluding carboxylic acids is 1. The van der Waals surface area contributed by atoms with E-state index in [-0.39, 0.29) is 5.91 Å². The predicted molar refractivity (Wildman–Crippen MR) is 50.1 cm³/mol. The van der Waals surface area contributed by atoms with Gasteiger partial charge in [0, 0.05) is 12.7 Å². The van der Waals surface area contributed by atoms with Crippen LogP contribution in [0.2, 0.25) is 0 Å². The second-order valence-corrected chi connectivity index (χ2v) is 2.47. The first-order chi connectivity index (χ1) is 6.26. The number of nitrogens with zero attached hydrogens (tertiary/aromatic N) is 2. The highest BCUT2D eigenvalue weighted by Crippen LogP contribution is 2.03. The molecular formula is C8H12N4O. The number of aromatic nitrogens is 2. The van der Waals surface area contributed by atoms with Gasteiger partial charge in [-0.05, 0) is 6.08 Å². The summed E-state index contributed by atoms with van der Waals surface area (Å²) in [5.74, 6) is -0.243. The van der Waals surface area contributed by atoms with Crippen molar-refractivity contribution in [1.82, 2.24) is 9.78 Å². The summed E-state index contributed by atoms with van der Waals surface area (Å²) in [7, 11) is 0. The first kappa shape index (κ1) is 9.47. The summed E-state index contributed by atoms with van der Waals surface area (Å²) in [4.78, 5) is 10.9. The third-order valence-corrected chi connectivity index (χ3v) is 1.44. The van der Waals surface area contributed by atoms with Crippen LogP contribution in [0.3, 0.4) is 0 Å². The molecule has 0 aliphatic heterocycles. The fourth-order valence-corrected chi connectivity index (χ4v) is 0.876. The van der Waals surface area contributed by atoms with Crippen LogP contribution < -0.4 is 11.1 Å². The maximum Gasteiger partial charge on any atom is 0.247 e. The zero-order valence-corrected chi connectivity index (χ0v) is 7.23. The van der Waals surface area contributed by atoms with E-state index in [4.69, 9.17) is 5.73 Å². The van der Waals surface area contributed by atoms with Crippen molar-refractivity contribution in [3.63, 3.8) is 0 Å². The maximum absolute atomic E-state index is 10.9. The topological polar surface area (TPSA) is 72.9 Å². The van der Waals surface area contributed by atoms with Crippen LogP contribution in [0.5, 0.6) is 0 Å². The Hall–Kier alpha value is -1.62. The molecule has 5 heteroatoms. The summed E-state index contributed by atoms with van der Waals surface area (Å²) in [6.07, 6.45) is 4.49. The van der Waals surface area contributed by atoms with Gasteiger partial charge in [0.1, 0.15) is 0 Å². The molecule has 0 aliphatic rings. The van der Waals surface area contributed by atoms with Gasteiger partial charge in [0.15, 0.2) is 0 Å². The summed E-state index contributed by atoms with van der Waals surface area (Å²) in [5.41, 5.74) is 5.98. The Morgan fingerprint density at radius 2 is 2.62 bits per heavy atom. The average molecular weight is 180 g/mol. The van der Waals surface area contributed by atoms with E-state index in [0.717, 1.165) is 0 Å². The van der Waals surface area contributed by atoms with Crippen LogP contribution >= 0.6 is 0 Å². The highest BCUT2D eigenvalue weighted by molar-refractivity contribution is 5.98. The fraction of sp³-hybridized carbons (Fsp3) is 0.250. The molecular weight excluding hydrogens is 168 g/mol. The van der Waals surface area contributed by atoms with Crippen molar-refractivity contribution in [2.24, 2.45) is 5.73 Å². The van der Waals surface area contributed by atoms with Crippen LogP contribution in [0.1, 0.15) is 0 Å². The molecule has 1 amide bonds. The van der Waals surface area contributed by atoms with Gasteiger partial charge >= 0.3 is 0 Å². The lowest BCUT2D eigenvalue weighted by atomic mass is 10.5. The molecule has 1 aromatic heterocycles. The molecule has 0 bridgehead atoms. The molecule has 0 atom stereocenters. The molecule has 0 saturated heterocycles. The Balaban J connectivity index is 2.58. The summed E-state index contributed by atoms with van der Waals surface area (Å²) in [5, 5.41) is 6.57. The molecule has 0 aromatic carbocycles. The van der Waals surface area contributed by atoms with Crippen molar-refractivity contribution in [2.75, 3.05) is 11.9 Å². The van der Waals surface area contributed by atoms with E-state index in [1.165, 1.54) is 6.08 Å². The molecule has 1 rings (SSSR count). The standard InChI is InChI=1S/C8H12N4O/c1-2-8(13)11-7-5-10-12(6-7)4-3-9/h2,5-6H,1,3-4,9H2,(H,11,13). The van der Waals surface area contributed by atoms with Crippen LogP contribution in [-0.2, 0) is 11.3 Å². The summed E-state index contributed by atoms with van der Waals surface area (Å²) < 4.78 is 1.67. The third-order valence-electron chi connectivity index (χ3n) is 1.44. The molecule has 0 aliphatic carbocycles. The smallest absolute Gasteiger partial charge is 0.247 e. The van der Waals surface area contributed by atoms with Crippen LogP contribution in [0, 0.1) is 0 Å². The zero-order chi connectivity index (χ0) is 9.68. The molecule has 0 spiro atoms. The molecule has 0 saturated carbocycles. The first-order valence-electron chi connectivity index (χ1n) is 3.92. The minimum Gasteiger partial charge on any atom is -0.329 e. The van der Waals surface area contributed by atoms with Gasteiger partial charge in [0.2, 0.25) is 5.91 Å². The molecule has 0 radical (unpaired) electrons. The van der Waals surface area contributed by atoms with E-state index in [9.17, 15) is 4.79 Å². The Morgan fingerprint density at radius 3 is 3.23 bits per heavy atom. The van der Waals surface area contributed by atoms with Gasteiger partial charge in [-0.1, -0.05) is 6.58 Å². The second-order valence-electron chi connectivity index (χ2n) is 2.47. The molecule has 70 valence electrons. The van der Waals surface area contributed by atoms with Gasteiger partial charge < -0.3 is 11.1 Å². The summed E-state index contributed by atoms with van der Waals surface area (Å²) >= 11 is 0. The van der Waals surface area contributed by atoms with E-state index >= 15 is 0 Å². The Kier molecular flexibility index (Phi) is 3.22. The molecule has 3 N–H and O–H groups in total. The third kappa shape index (κ3) is 2.72. The van der Waals surface area contributed by atoms with Gasteiger partial charge in [-0.15, -0.1) is 0 Å². The van der Waals surface area contributed by atoms with E-state index < -0.39 is 0 Å². The van der Waals surface area contributed by atoms with Crippen LogP contribution in [0.25, 0.3) is 0 Å². The maximum atomic E-state index is 10.9. The number of carbonyl (C=O) groups is 1. The fourth-order valence-electron chi connectivity index (χ4n) is 0.876. The van der Waals surface area contributed by atoms with Gasteiger partial charge in [0.25, 0.3) is 0 Å². The second kappa shape index (κ2) is 4.42. The Labute approximate surface area is 76.2 Å². The monoisotopic (exact) mass is 180 g/mol. The Bertz CT molecular complexity index is 305. The zero-order valence-electron chi connectivity index (χ0n) is 7.23. The van der Waals surface area contributed by atoms with Gasteiger partial charge in [-0.3, -0.25) is 9.48 Å². The number of nitrogens with one attached hydrogen (secondary N) is 1. The first-order valence-corrected chi connectivity index (χ1v) is 3.92. The van der Waals surface area contributed by atoms with E-state index in [1.54, 1.807) is 17.1 Å². The number of rotatable bonds is 4. The molecule has 5 nitrogen and oxygen atoms in total. The normalized spacial score (nSPS) is 9.62. The number of hydrogen-bond donors (Lipinski definition) is 2. The van der Waals surface area contributed by atoms with Crippen molar-refractivity contribution < 1.29 is 4.79 Å². The van der Waals surface area contributed by atoms with Crippen LogP contribution in [0.4, 0.5) is 5.69 Å². The lowest BCUT2D eigenvalue weighted by Crippen LogP contribution is -2.10. The molecule has 0 fully saturated rings. The van der Waals surface area contributed by atoms with E-state index in [2.05, 4.69) is 17.0 Å². The number of amides is 1. The minimum absolute atomic E-state index is 0.243. The van der Waals surface area contributed by atoms with Gasteiger partial charge in [-0.25, -0.2) is 0 Å². The minimum atomic E-state index is -0.243. The molecule has 1 aromatic rings. The van der Waals surface area contributed by atoms with Crippen molar-refractivity contribution in [3.05, 3.63) is 25.0 Å². The van der Waals surface area contributed by atoms with Crippen molar-refractivity contribution in [1.29, 1.82) is 0 Å².